The zero-order chi connectivity index (χ0) is 14.6. The summed E-state index contributed by atoms with van der Waals surface area (Å²) in [6.07, 6.45) is 3.25. The Labute approximate surface area is 117 Å². The van der Waals surface area contributed by atoms with E-state index in [0.29, 0.717) is 0 Å². The van der Waals surface area contributed by atoms with E-state index in [4.69, 9.17) is 0 Å². The van der Waals surface area contributed by atoms with Gasteiger partial charge in [-0.1, -0.05) is 12.1 Å². The summed E-state index contributed by atoms with van der Waals surface area (Å²) in [5.41, 5.74) is 0.596. The lowest BCUT2D eigenvalue weighted by molar-refractivity contribution is -0.614. The molecule has 0 aliphatic carbocycles. The first-order valence-corrected chi connectivity index (χ1v) is 6.38. The standard InChI is InChI=1S/C16H9F2N2O/c17-12-6-13(18)8-14(7-12)20-9-11-3-1-2-10-4-5-19(15(10)11)16(20)21/h1-9H/q+1. The van der Waals surface area contributed by atoms with E-state index < -0.39 is 11.6 Å². The average molecular weight is 283 g/mol. The summed E-state index contributed by atoms with van der Waals surface area (Å²) in [5, 5.41) is 1.77. The van der Waals surface area contributed by atoms with E-state index in [2.05, 4.69) is 0 Å². The third-order valence-electron chi connectivity index (χ3n) is 3.55. The number of hydrogen-bond donors (Lipinski definition) is 0. The number of benzene rings is 2. The van der Waals surface area contributed by atoms with Gasteiger partial charge in [-0.2, -0.15) is 13.8 Å². The van der Waals surface area contributed by atoms with Gasteiger partial charge in [0.05, 0.1) is 5.39 Å². The average Bonchev–Trinajstić information content (AvgIpc) is 2.87. The molecule has 0 N–H and O–H groups in total. The van der Waals surface area contributed by atoms with Crippen LogP contribution < -0.4 is 10.3 Å². The third kappa shape index (κ3) is 1.71. The first-order chi connectivity index (χ1) is 10.1. The Morgan fingerprint density at radius 2 is 1.67 bits per heavy atom. The minimum atomic E-state index is -0.720. The van der Waals surface area contributed by atoms with Crippen molar-refractivity contribution in [1.82, 2.24) is 4.40 Å². The summed E-state index contributed by atoms with van der Waals surface area (Å²) in [4.78, 5) is 12.5. The molecule has 0 aliphatic rings. The highest BCUT2D eigenvalue weighted by Gasteiger charge is 2.18. The van der Waals surface area contributed by atoms with Crippen molar-refractivity contribution in [3.63, 3.8) is 0 Å². The van der Waals surface area contributed by atoms with Crippen molar-refractivity contribution in [1.29, 1.82) is 0 Å². The number of para-hydroxylation sites is 1. The molecule has 0 amide bonds. The molecule has 0 fully saturated rings. The molecule has 0 bridgehead atoms. The van der Waals surface area contributed by atoms with Gasteiger partial charge in [0.25, 0.3) is 0 Å². The highest BCUT2D eigenvalue weighted by atomic mass is 19.1. The maximum Gasteiger partial charge on any atom is 0.508 e. The van der Waals surface area contributed by atoms with Gasteiger partial charge in [0.2, 0.25) is 0 Å². The minimum Gasteiger partial charge on any atom is -0.207 e. The molecule has 0 unspecified atom stereocenters. The number of hydrogen-bond acceptors (Lipinski definition) is 1. The predicted molar refractivity (Wildman–Crippen MR) is 73.8 cm³/mol. The maximum atomic E-state index is 13.4. The van der Waals surface area contributed by atoms with Gasteiger partial charge in [0.1, 0.15) is 29.7 Å². The Bertz CT molecular complexity index is 1020. The van der Waals surface area contributed by atoms with E-state index in [1.54, 1.807) is 12.4 Å². The molecule has 0 atom stereocenters. The zero-order valence-electron chi connectivity index (χ0n) is 10.8. The van der Waals surface area contributed by atoms with Gasteiger partial charge in [0.15, 0.2) is 5.52 Å². The maximum absolute atomic E-state index is 13.4. The highest BCUT2D eigenvalue weighted by Crippen LogP contribution is 2.19. The molecule has 0 spiro atoms. The first kappa shape index (κ1) is 12.0. The Hall–Kier alpha value is -2.82. The number of rotatable bonds is 1. The molecule has 3 nitrogen and oxygen atoms in total. The fourth-order valence-electron chi connectivity index (χ4n) is 2.66. The van der Waals surface area contributed by atoms with Crippen molar-refractivity contribution in [3.05, 3.63) is 77.0 Å². The van der Waals surface area contributed by atoms with E-state index in [1.165, 1.54) is 8.97 Å². The Balaban J connectivity index is 2.14. The fraction of sp³-hybridized carbons (Fsp3) is 0. The molecule has 21 heavy (non-hydrogen) atoms. The van der Waals surface area contributed by atoms with Crippen LogP contribution in [0.4, 0.5) is 8.78 Å². The monoisotopic (exact) mass is 283 g/mol. The molecule has 102 valence electrons. The lowest BCUT2D eigenvalue weighted by Crippen LogP contribution is -2.50. The van der Waals surface area contributed by atoms with Crippen molar-refractivity contribution < 1.29 is 13.3 Å². The molecule has 0 aliphatic heterocycles. The Kier molecular flexibility index (Phi) is 2.33. The highest BCUT2D eigenvalue weighted by molar-refractivity contribution is 5.95. The van der Waals surface area contributed by atoms with Crippen LogP contribution in [0.15, 0.2) is 59.7 Å². The van der Waals surface area contributed by atoms with E-state index in [0.717, 1.165) is 34.5 Å². The number of halogens is 2. The minimum absolute atomic E-state index is 0.161. The van der Waals surface area contributed by atoms with Crippen molar-refractivity contribution in [2.75, 3.05) is 0 Å². The van der Waals surface area contributed by atoms with Gasteiger partial charge < -0.3 is 0 Å². The van der Waals surface area contributed by atoms with Gasteiger partial charge in [-0.05, 0) is 12.1 Å². The van der Waals surface area contributed by atoms with Crippen LogP contribution >= 0.6 is 0 Å². The Morgan fingerprint density at radius 1 is 0.952 bits per heavy atom. The van der Waals surface area contributed by atoms with E-state index in [1.807, 2.05) is 24.3 Å². The van der Waals surface area contributed by atoms with Crippen molar-refractivity contribution in [2.24, 2.45) is 0 Å². The van der Waals surface area contributed by atoms with Crippen LogP contribution in [-0.4, -0.2) is 4.40 Å². The smallest absolute Gasteiger partial charge is 0.207 e. The van der Waals surface area contributed by atoms with Crippen LogP contribution in [0.2, 0.25) is 0 Å². The van der Waals surface area contributed by atoms with Crippen LogP contribution in [0.1, 0.15) is 0 Å². The molecule has 0 radical (unpaired) electrons. The van der Waals surface area contributed by atoms with Crippen molar-refractivity contribution in [3.8, 4) is 5.69 Å². The van der Waals surface area contributed by atoms with Crippen LogP contribution in [0.3, 0.4) is 0 Å². The summed E-state index contributed by atoms with van der Waals surface area (Å²) < 4.78 is 29.5. The Morgan fingerprint density at radius 3 is 2.43 bits per heavy atom. The van der Waals surface area contributed by atoms with Crippen LogP contribution in [0.25, 0.3) is 22.0 Å². The molecule has 0 saturated carbocycles. The van der Waals surface area contributed by atoms with E-state index >= 15 is 0 Å². The molecule has 2 aromatic carbocycles. The summed E-state index contributed by atoms with van der Waals surface area (Å²) >= 11 is 0. The molecule has 2 aromatic heterocycles. The molecular weight excluding hydrogens is 274 g/mol. The quantitative estimate of drug-likeness (QED) is 0.493. The predicted octanol–water partition coefficient (Wildman–Crippen LogP) is 2.45. The second-order valence-electron chi connectivity index (χ2n) is 4.88. The van der Waals surface area contributed by atoms with Crippen LogP contribution in [0.5, 0.6) is 0 Å². The summed E-state index contributed by atoms with van der Waals surface area (Å²) in [6.45, 7) is 0. The van der Waals surface area contributed by atoms with E-state index in [9.17, 15) is 13.6 Å². The topological polar surface area (TPSA) is 25.4 Å². The van der Waals surface area contributed by atoms with Gasteiger partial charge >= 0.3 is 5.69 Å². The summed E-state index contributed by atoms with van der Waals surface area (Å²) in [7, 11) is 0. The largest absolute Gasteiger partial charge is 0.508 e. The molecule has 5 heteroatoms. The molecule has 2 heterocycles. The lowest BCUT2D eigenvalue weighted by atomic mass is 10.2. The molecule has 0 saturated heterocycles. The van der Waals surface area contributed by atoms with Gasteiger partial charge in [0, 0.05) is 23.6 Å². The normalized spacial score (nSPS) is 11.5. The lowest BCUT2D eigenvalue weighted by Gasteiger charge is -2.02. The van der Waals surface area contributed by atoms with Crippen LogP contribution in [-0.2, 0) is 0 Å². The second-order valence-corrected chi connectivity index (χ2v) is 4.88. The number of aromatic nitrogens is 2. The van der Waals surface area contributed by atoms with Crippen molar-refractivity contribution >= 4 is 16.3 Å². The summed E-state index contributed by atoms with van der Waals surface area (Å²) in [6, 6.07) is 10.5. The number of nitrogens with zero attached hydrogens (tertiary/aromatic N) is 2. The van der Waals surface area contributed by atoms with Gasteiger partial charge in [-0.25, -0.2) is 8.78 Å². The fourth-order valence-corrected chi connectivity index (χ4v) is 2.66. The second kappa shape index (κ2) is 4.09. The SMILES string of the molecule is O=c1n2ccc3cccc(c[n+]1-c1cc(F)cc(F)c1)c32. The molecular formula is C16H9F2N2O+. The first-order valence-electron chi connectivity index (χ1n) is 6.38. The van der Waals surface area contributed by atoms with Crippen molar-refractivity contribution in [2.45, 2.75) is 0 Å². The molecule has 4 aromatic rings. The zero-order valence-corrected chi connectivity index (χ0v) is 10.8. The molecule has 4 rings (SSSR count). The van der Waals surface area contributed by atoms with Gasteiger partial charge in [-0.3, -0.25) is 0 Å². The van der Waals surface area contributed by atoms with E-state index in [-0.39, 0.29) is 11.4 Å². The summed E-state index contributed by atoms with van der Waals surface area (Å²) in [5.74, 6) is -1.44. The van der Waals surface area contributed by atoms with Crippen LogP contribution in [0, 0.1) is 11.6 Å². The third-order valence-corrected chi connectivity index (χ3v) is 3.55. The van der Waals surface area contributed by atoms with Gasteiger partial charge in [-0.15, -0.1) is 0 Å².